The molecule has 166 valence electrons. The second-order valence-electron chi connectivity index (χ2n) is 10.4. The first-order chi connectivity index (χ1) is 13.0. The van der Waals surface area contributed by atoms with E-state index in [4.69, 9.17) is 18.9 Å². The highest BCUT2D eigenvalue weighted by Gasteiger charge is 2.45. The maximum absolute atomic E-state index is 10.4. The van der Waals surface area contributed by atoms with Crippen molar-refractivity contribution in [3.8, 4) is 0 Å². The summed E-state index contributed by atoms with van der Waals surface area (Å²) < 4.78 is 23.0. The normalized spacial score (nSPS) is 26.9. The monoisotopic (exact) mass is 401 g/mol. The smallest absolute Gasteiger partial charge is 0.0929 e. The number of ether oxygens (including phenoxy) is 4. The number of hydrogen-bond acceptors (Lipinski definition) is 6. The lowest BCUT2D eigenvalue weighted by Crippen LogP contribution is -2.59. The fourth-order valence-corrected chi connectivity index (χ4v) is 3.62. The largest absolute Gasteiger partial charge is 0.387 e. The van der Waals surface area contributed by atoms with Gasteiger partial charge in [0.15, 0.2) is 0 Å². The minimum absolute atomic E-state index is 0.149. The third kappa shape index (κ3) is 8.64. The number of nitrogens with zero attached hydrogens (tertiary/aromatic N) is 1. The van der Waals surface area contributed by atoms with Crippen LogP contribution in [0.5, 0.6) is 0 Å². The summed E-state index contributed by atoms with van der Waals surface area (Å²) in [5.41, 5.74) is -0.612. The Bertz CT molecular complexity index is 445. The summed E-state index contributed by atoms with van der Waals surface area (Å²) >= 11 is 0. The van der Waals surface area contributed by atoms with Crippen LogP contribution in [0.15, 0.2) is 0 Å². The highest BCUT2D eigenvalue weighted by atomic mass is 16.5. The summed E-state index contributed by atoms with van der Waals surface area (Å²) in [6, 6.07) is 0. The number of aliphatic hydroxyl groups is 1. The second kappa shape index (κ2) is 10.2. The summed E-state index contributed by atoms with van der Waals surface area (Å²) in [4.78, 5) is 2.44. The number of rotatable bonds is 12. The Labute approximate surface area is 171 Å². The van der Waals surface area contributed by atoms with E-state index >= 15 is 0 Å². The minimum Gasteiger partial charge on any atom is -0.387 e. The number of hydrogen-bond donors (Lipinski definition) is 1. The molecular formula is C22H43NO5. The molecule has 1 saturated carbocycles. The van der Waals surface area contributed by atoms with Crippen molar-refractivity contribution in [1.82, 2.24) is 4.90 Å². The van der Waals surface area contributed by atoms with Crippen LogP contribution in [0.1, 0.15) is 67.2 Å². The van der Waals surface area contributed by atoms with Crippen LogP contribution in [0, 0.1) is 0 Å². The summed E-state index contributed by atoms with van der Waals surface area (Å²) in [7, 11) is 0. The Kier molecular flexibility index (Phi) is 8.74. The quantitative estimate of drug-likeness (QED) is 0.507. The zero-order chi connectivity index (χ0) is 20.8. The Morgan fingerprint density at radius 1 is 0.857 bits per heavy atom. The standard InChI is InChI=1S/C22H43NO5/c1-20(2,3)23-15-19(16-23)27-12-8-10-25-9-7-11-26-17-22(24)13-18(14-22)28-21(4,5)6/h18-19,24H,7-17H2,1-6H3. The van der Waals surface area contributed by atoms with E-state index in [0.29, 0.717) is 38.8 Å². The molecule has 0 atom stereocenters. The first-order valence-corrected chi connectivity index (χ1v) is 10.9. The van der Waals surface area contributed by atoms with E-state index in [1.807, 2.05) is 20.8 Å². The molecule has 1 saturated heterocycles. The van der Waals surface area contributed by atoms with E-state index < -0.39 is 5.60 Å². The van der Waals surface area contributed by atoms with Crippen LogP contribution in [0.2, 0.25) is 0 Å². The van der Waals surface area contributed by atoms with Crippen molar-refractivity contribution in [2.75, 3.05) is 46.1 Å². The van der Waals surface area contributed by atoms with Crippen LogP contribution >= 0.6 is 0 Å². The molecule has 2 fully saturated rings. The fourth-order valence-electron chi connectivity index (χ4n) is 3.62. The molecule has 0 aromatic heterocycles. The highest BCUT2D eigenvalue weighted by molar-refractivity contribution is 4.96. The molecule has 6 nitrogen and oxygen atoms in total. The lowest BCUT2D eigenvalue weighted by Gasteiger charge is -2.47. The van der Waals surface area contributed by atoms with Gasteiger partial charge in [-0.2, -0.15) is 0 Å². The molecule has 2 rings (SSSR count). The molecular weight excluding hydrogens is 358 g/mol. The minimum atomic E-state index is -0.710. The first-order valence-electron chi connectivity index (χ1n) is 10.9. The molecule has 0 aromatic carbocycles. The first kappa shape index (κ1) is 24.0. The van der Waals surface area contributed by atoms with Gasteiger partial charge in [0.25, 0.3) is 0 Å². The molecule has 1 aliphatic carbocycles. The zero-order valence-electron chi connectivity index (χ0n) is 19.0. The molecule has 28 heavy (non-hydrogen) atoms. The van der Waals surface area contributed by atoms with Gasteiger partial charge in [0.1, 0.15) is 0 Å². The Morgan fingerprint density at radius 3 is 2.00 bits per heavy atom. The second-order valence-corrected chi connectivity index (χ2v) is 10.4. The highest BCUT2D eigenvalue weighted by Crippen LogP contribution is 2.36. The lowest BCUT2D eigenvalue weighted by molar-refractivity contribution is -0.197. The molecule has 1 heterocycles. The van der Waals surface area contributed by atoms with Crippen molar-refractivity contribution in [1.29, 1.82) is 0 Å². The van der Waals surface area contributed by atoms with Gasteiger partial charge in [-0.1, -0.05) is 0 Å². The molecule has 0 radical (unpaired) electrons. The Morgan fingerprint density at radius 2 is 1.43 bits per heavy atom. The summed E-state index contributed by atoms with van der Waals surface area (Å²) in [6.45, 7) is 18.1. The van der Waals surface area contributed by atoms with Crippen LogP contribution in [-0.4, -0.2) is 85.1 Å². The van der Waals surface area contributed by atoms with E-state index in [-0.39, 0.29) is 17.2 Å². The Hall–Kier alpha value is -0.240. The predicted octanol–water partition coefficient (Wildman–Crippen LogP) is 3.01. The van der Waals surface area contributed by atoms with Gasteiger partial charge in [-0.3, -0.25) is 4.90 Å². The topological polar surface area (TPSA) is 60.4 Å². The van der Waals surface area contributed by atoms with Gasteiger partial charge >= 0.3 is 0 Å². The third-order valence-corrected chi connectivity index (χ3v) is 5.27. The van der Waals surface area contributed by atoms with Gasteiger partial charge < -0.3 is 24.1 Å². The van der Waals surface area contributed by atoms with Crippen molar-refractivity contribution in [2.24, 2.45) is 0 Å². The molecule has 0 amide bonds. The fraction of sp³-hybridized carbons (Fsp3) is 1.00. The van der Waals surface area contributed by atoms with Gasteiger partial charge in [0.05, 0.1) is 30.0 Å². The maximum atomic E-state index is 10.4. The number of likely N-dealkylation sites (tertiary alicyclic amines) is 1. The molecule has 0 unspecified atom stereocenters. The van der Waals surface area contributed by atoms with E-state index in [1.54, 1.807) is 0 Å². The summed E-state index contributed by atoms with van der Waals surface area (Å²) in [5, 5.41) is 10.4. The molecule has 1 N–H and O–H groups in total. The van der Waals surface area contributed by atoms with Crippen LogP contribution in [-0.2, 0) is 18.9 Å². The molecule has 6 heteroatoms. The van der Waals surface area contributed by atoms with Crippen LogP contribution in [0.3, 0.4) is 0 Å². The molecule has 1 aliphatic heterocycles. The summed E-state index contributed by atoms with van der Waals surface area (Å²) in [6.07, 6.45) is 3.64. The lowest BCUT2D eigenvalue weighted by atomic mass is 9.78. The van der Waals surface area contributed by atoms with Crippen molar-refractivity contribution in [2.45, 2.75) is 96.2 Å². The van der Waals surface area contributed by atoms with E-state index in [9.17, 15) is 5.11 Å². The van der Waals surface area contributed by atoms with Gasteiger partial charge in [-0.25, -0.2) is 0 Å². The van der Waals surface area contributed by atoms with Crippen molar-refractivity contribution >= 4 is 0 Å². The third-order valence-electron chi connectivity index (χ3n) is 5.27. The van der Waals surface area contributed by atoms with Crippen LogP contribution < -0.4 is 0 Å². The average molecular weight is 402 g/mol. The zero-order valence-corrected chi connectivity index (χ0v) is 19.0. The van der Waals surface area contributed by atoms with Crippen LogP contribution in [0.4, 0.5) is 0 Å². The average Bonchev–Trinajstić information content (AvgIpc) is 2.46. The summed E-state index contributed by atoms with van der Waals surface area (Å²) in [5.74, 6) is 0. The van der Waals surface area contributed by atoms with Crippen molar-refractivity contribution in [3.05, 3.63) is 0 Å². The van der Waals surface area contributed by atoms with Gasteiger partial charge in [0, 0.05) is 57.9 Å². The van der Waals surface area contributed by atoms with E-state index in [0.717, 1.165) is 39.1 Å². The van der Waals surface area contributed by atoms with Gasteiger partial charge in [-0.05, 0) is 54.4 Å². The van der Waals surface area contributed by atoms with Crippen LogP contribution in [0.25, 0.3) is 0 Å². The SMILES string of the molecule is CC(C)(C)OC1CC(O)(COCCCOCCCOC2CN(C(C)(C)C)C2)C1. The van der Waals surface area contributed by atoms with E-state index in [1.165, 1.54) is 0 Å². The molecule has 0 spiro atoms. The molecule has 2 aliphatic rings. The van der Waals surface area contributed by atoms with Crippen molar-refractivity contribution in [3.63, 3.8) is 0 Å². The van der Waals surface area contributed by atoms with E-state index in [2.05, 4.69) is 25.7 Å². The Balaban J connectivity index is 1.34. The molecule has 0 aromatic rings. The predicted molar refractivity (Wildman–Crippen MR) is 111 cm³/mol. The molecule has 0 bridgehead atoms. The van der Waals surface area contributed by atoms with Gasteiger partial charge in [-0.15, -0.1) is 0 Å². The maximum Gasteiger partial charge on any atom is 0.0929 e. The van der Waals surface area contributed by atoms with Crippen molar-refractivity contribution < 1.29 is 24.1 Å². The van der Waals surface area contributed by atoms with Gasteiger partial charge in [0.2, 0.25) is 0 Å².